The zero-order valence-electron chi connectivity index (χ0n) is 18.9. The van der Waals surface area contributed by atoms with Gasteiger partial charge in [0.2, 0.25) is 5.91 Å². The second kappa shape index (κ2) is 10.3. The van der Waals surface area contributed by atoms with E-state index >= 15 is 0 Å². The van der Waals surface area contributed by atoms with Gasteiger partial charge in [-0.25, -0.2) is 0 Å². The number of rotatable bonds is 4. The Balaban J connectivity index is 1.41. The number of amides is 2. The van der Waals surface area contributed by atoms with Gasteiger partial charge in [-0.3, -0.25) is 9.59 Å². The third-order valence-electron chi connectivity index (χ3n) is 6.23. The maximum atomic E-state index is 13.4. The Bertz CT molecular complexity index is 1020. The maximum Gasteiger partial charge on any atom is 0.416 e. The molecule has 0 aliphatic carbocycles. The average Bonchev–Trinajstić information content (AvgIpc) is 3.00. The number of anilines is 1. The zero-order valence-corrected chi connectivity index (χ0v) is 19.7. The van der Waals surface area contributed by atoms with Crippen LogP contribution >= 0.6 is 11.8 Å². The minimum Gasteiger partial charge on any atom is -0.484 e. The molecule has 0 bridgehead atoms. The molecular weight excluding hydrogens is 465 g/mol. The van der Waals surface area contributed by atoms with Crippen LogP contribution in [0.2, 0.25) is 0 Å². The molecule has 0 N–H and O–H groups in total. The quantitative estimate of drug-likeness (QED) is 0.586. The minimum absolute atomic E-state index is 0.0720. The highest BCUT2D eigenvalue weighted by molar-refractivity contribution is 8.00. The molecule has 0 saturated carbocycles. The zero-order chi connectivity index (χ0) is 24.3. The van der Waals surface area contributed by atoms with Crippen molar-refractivity contribution in [2.75, 3.05) is 31.1 Å². The predicted molar refractivity (Wildman–Crippen MR) is 125 cm³/mol. The highest BCUT2D eigenvalue weighted by Gasteiger charge is 2.36. The highest BCUT2D eigenvalue weighted by atomic mass is 32.2. The number of benzene rings is 2. The van der Waals surface area contributed by atoms with Crippen LogP contribution in [0.4, 0.5) is 18.9 Å². The van der Waals surface area contributed by atoms with E-state index in [0.717, 1.165) is 12.1 Å². The number of carbonyl (C=O) groups excluding carboxylic acids is 2. The van der Waals surface area contributed by atoms with Crippen molar-refractivity contribution >= 4 is 29.3 Å². The molecule has 0 radical (unpaired) electrons. The first-order valence-electron chi connectivity index (χ1n) is 11.4. The summed E-state index contributed by atoms with van der Waals surface area (Å²) in [6.07, 6.45) is -2.83. The van der Waals surface area contributed by atoms with E-state index in [1.165, 1.54) is 22.7 Å². The number of alkyl halides is 3. The first-order valence-corrected chi connectivity index (χ1v) is 12.3. The average molecular weight is 493 g/mol. The highest BCUT2D eigenvalue weighted by Crippen LogP contribution is 2.42. The van der Waals surface area contributed by atoms with Gasteiger partial charge in [0, 0.05) is 35.7 Å². The van der Waals surface area contributed by atoms with Gasteiger partial charge in [0.25, 0.3) is 5.91 Å². The number of nitrogens with zero attached hydrogens (tertiary/aromatic N) is 2. The van der Waals surface area contributed by atoms with Gasteiger partial charge in [0.15, 0.2) is 6.61 Å². The third kappa shape index (κ3) is 5.68. The van der Waals surface area contributed by atoms with E-state index in [1.54, 1.807) is 17.0 Å². The second-order valence-electron chi connectivity index (χ2n) is 8.64. The fourth-order valence-corrected chi connectivity index (χ4v) is 5.38. The van der Waals surface area contributed by atoms with E-state index < -0.39 is 11.7 Å². The van der Waals surface area contributed by atoms with Crippen molar-refractivity contribution in [3.63, 3.8) is 0 Å². The molecule has 182 valence electrons. The van der Waals surface area contributed by atoms with Crippen molar-refractivity contribution in [1.82, 2.24) is 4.90 Å². The molecular formula is C25H27F3N2O3S. The van der Waals surface area contributed by atoms with E-state index in [2.05, 4.69) is 0 Å². The SMILES string of the molecule is CC1CCN(C(=O)C2CCN(C(=O)COc3ccccc3)CC2)c2cc(C(F)(F)F)ccc2S1. The summed E-state index contributed by atoms with van der Waals surface area (Å²) in [6.45, 7) is 3.16. The molecule has 4 rings (SSSR count). The van der Waals surface area contributed by atoms with Gasteiger partial charge in [-0.1, -0.05) is 25.1 Å². The first-order chi connectivity index (χ1) is 16.2. The fourth-order valence-electron chi connectivity index (χ4n) is 4.29. The number of halogens is 3. The molecule has 0 spiro atoms. The van der Waals surface area contributed by atoms with E-state index in [1.807, 2.05) is 25.1 Å². The van der Waals surface area contributed by atoms with Crippen molar-refractivity contribution in [2.24, 2.45) is 5.92 Å². The van der Waals surface area contributed by atoms with Crippen molar-refractivity contribution in [3.05, 3.63) is 54.1 Å². The number of hydrogen-bond donors (Lipinski definition) is 0. The lowest BCUT2D eigenvalue weighted by Crippen LogP contribution is -2.46. The summed E-state index contributed by atoms with van der Waals surface area (Å²) < 4.78 is 45.6. The van der Waals surface area contributed by atoms with Gasteiger partial charge in [0.1, 0.15) is 5.75 Å². The fraction of sp³-hybridized carbons (Fsp3) is 0.440. The standard InChI is InChI=1S/C25H27F3N2O3S/c1-17-9-14-30(21-15-19(25(26,27)28)7-8-22(21)34-17)24(32)18-10-12-29(13-11-18)23(31)16-33-20-5-3-2-4-6-20/h2-8,15,17-18H,9-14,16H2,1H3. The molecule has 1 unspecified atom stereocenters. The molecule has 2 aromatic carbocycles. The summed E-state index contributed by atoms with van der Waals surface area (Å²) in [5.41, 5.74) is -0.415. The molecule has 2 aromatic rings. The van der Waals surface area contributed by atoms with Crippen molar-refractivity contribution in [1.29, 1.82) is 0 Å². The second-order valence-corrected chi connectivity index (χ2v) is 10.1. The smallest absolute Gasteiger partial charge is 0.416 e. The number of ether oxygens (including phenoxy) is 1. The lowest BCUT2D eigenvalue weighted by atomic mass is 9.94. The van der Waals surface area contributed by atoms with Crippen LogP contribution in [0.1, 0.15) is 31.7 Å². The van der Waals surface area contributed by atoms with E-state index in [-0.39, 0.29) is 29.6 Å². The minimum atomic E-state index is -4.47. The molecule has 5 nitrogen and oxygen atoms in total. The van der Waals surface area contributed by atoms with Crippen molar-refractivity contribution in [2.45, 2.75) is 42.5 Å². The predicted octanol–water partition coefficient (Wildman–Crippen LogP) is 5.24. The summed E-state index contributed by atoms with van der Waals surface area (Å²) in [6, 6.07) is 12.7. The largest absolute Gasteiger partial charge is 0.484 e. The Morgan fingerprint density at radius 1 is 1.03 bits per heavy atom. The molecule has 0 aromatic heterocycles. The van der Waals surface area contributed by atoms with Gasteiger partial charge in [-0.05, 0) is 49.6 Å². The number of para-hydroxylation sites is 1. The summed E-state index contributed by atoms with van der Waals surface area (Å²) >= 11 is 1.50. The lowest BCUT2D eigenvalue weighted by molar-refractivity contribution is -0.137. The molecule has 2 aliphatic heterocycles. The topological polar surface area (TPSA) is 49.9 Å². The Labute approximate surface area is 201 Å². The van der Waals surface area contributed by atoms with Crippen LogP contribution in [0.3, 0.4) is 0 Å². The third-order valence-corrected chi connectivity index (χ3v) is 7.47. The number of hydrogen-bond acceptors (Lipinski definition) is 4. The Hall–Kier alpha value is -2.68. The van der Waals surface area contributed by atoms with Crippen LogP contribution in [0.15, 0.2) is 53.4 Å². The molecule has 2 heterocycles. The number of carbonyl (C=O) groups is 2. The van der Waals surface area contributed by atoms with Crippen LogP contribution in [0, 0.1) is 5.92 Å². The normalized spacial score (nSPS) is 19.4. The van der Waals surface area contributed by atoms with Gasteiger partial charge in [-0.2, -0.15) is 13.2 Å². The van der Waals surface area contributed by atoms with Crippen LogP contribution < -0.4 is 9.64 Å². The molecule has 2 aliphatic rings. The number of likely N-dealkylation sites (tertiary alicyclic amines) is 1. The Morgan fingerprint density at radius 2 is 1.74 bits per heavy atom. The summed E-state index contributed by atoms with van der Waals surface area (Å²) in [4.78, 5) is 29.9. The van der Waals surface area contributed by atoms with Crippen LogP contribution in [0.5, 0.6) is 5.75 Å². The van der Waals surface area contributed by atoms with E-state index in [4.69, 9.17) is 4.74 Å². The van der Waals surface area contributed by atoms with Crippen molar-refractivity contribution < 1.29 is 27.5 Å². The molecule has 34 heavy (non-hydrogen) atoms. The van der Waals surface area contributed by atoms with E-state index in [9.17, 15) is 22.8 Å². The number of piperidine rings is 1. The van der Waals surface area contributed by atoms with Crippen LogP contribution in [-0.4, -0.2) is 48.2 Å². The Morgan fingerprint density at radius 3 is 2.41 bits per heavy atom. The van der Waals surface area contributed by atoms with Crippen molar-refractivity contribution in [3.8, 4) is 5.75 Å². The number of fused-ring (bicyclic) bond motifs is 1. The van der Waals surface area contributed by atoms with Crippen LogP contribution in [-0.2, 0) is 15.8 Å². The van der Waals surface area contributed by atoms with Gasteiger partial charge in [0.05, 0.1) is 11.3 Å². The molecule has 9 heteroatoms. The first kappa shape index (κ1) is 24.4. The molecule has 2 amide bonds. The maximum absolute atomic E-state index is 13.4. The van der Waals surface area contributed by atoms with E-state index in [0.29, 0.717) is 55.2 Å². The monoisotopic (exact) mass is 492 g/mol. The molecule has 1 fully saturated rings. The Kier molecular flexibility index (Phi) is 7.40. The van der Waals surface area contributed by atoms with Crippen LogP contribution in [0.25, 0.3) is 0 Å². The summed E-state index contributed by atoms with van der Waals surface area (Å²) in [5.74, 6) is -0.0243. The summed E-state index contributed by atoms with van der Waals surface area (Å²) in [7, 11) is 0. The number of thioether (sulfide) groups is 1. The summed E-state index contributed by atoms with van der Waals surface area (Å²) in [5, 5.41) is 0.192. The van der Waals surface area contributed by atoms with Gasteiger partial charge >= 0.3 is 6.18 Å². The van der Waals surface area contributed by atoms with Gasteiger partial charge in [-0.15, -0.1) is 11.8 Å². The van der Waals surface area contributed by atoms with Gasteiger partial charge < -0.3 is 14.5 Å². The molecule has 1 atom stereocenters. The lowest BCUT2D eigenvalue weighted by Gasteiger charge is -2.34. The molecule has 1 saturated heterocycles.